The van der Waals surface area contributed by atoms with E-state index in [2.05, 4.69) is 10.9 Å². The Morgan fingerprint density at radius 2 is 1.96 bits per heavy atom. The summed E-state index contributed by atoms with van der Waals surface area (Å²) in [4.78, 5) is 0. The SMILES string of the molecule is C=CCC(SC1OC(CO)C(O)C(O)C1O)N(C)OS(=O)(=O)O. The van der Waals surface area contributed by atoms with Crippen molar-refractivity contribution in [1.29, 1.82) is 0 Å². The first-order chi connectivity index (χ1) is 10.6. The van der Waals surface area contributed by atoms with Crippen molar-refractivity contribution in [2.75, 3.05) is 13.7 Å². The van der Waals surface area contributed by atoms with Gasteiger partial charge in [0.05, 0.1) is 12.0 Å². The number of ether oxygens (including phenoxy) is 1. The molecule has 1 saturated heterocycles. The molecular weight excluding hydrogens is 354 g/mol. The van der Waals surface area contributed by atoms with Crippen molar-refractivity contribution in [3.8, 4) is 0 Å². The molecule has 23 heavy (non-hydrogen) atoms. The molecule has 1 aliphatic heterocycles. The summed E-state index contributed by atoms with van der Waals surface area (Å²) in [5, 5.41) is 38.6. The molecule has 0 aromatic heterocycles. The number of hydrogen-bond acceptors (Lipinski definition) is 10. The zero-order chi connectivity index (χ0) is 17.8. The van der Waals surface area contributed by atoms with Crippen molar-refractivity contribution < 1.29 is 42.4 Å². The van der Waals surface area contributed by atoms with Gasteiger partial charge in [0.25, 0.3) is 0 Å². The van der Waals surface area contributed by atoms with Gasteiger partial charge in [-0.2, -0.15) is 17.8 Å². The van der Waals surface area contributed by atoms with E-state index in [0.29, 0.717) is 0 Å². The maximum Gasteiger partial charge on any atom is 0.413 e. The third-order valence-electron chi connectivity index (χ3n) is 3.13. The minimum absolute atomic E-state index is 0.186. The number of thioether (sulfide) groups is 1. The van der Waals surface area contributed by atoms with Crippen LogP contribution in [0.1, 0.15) is 6.42 Å². The maximum atomic E-state index is 10.8. The highest BCUT2D eigenvalue weighted by molar-refractivity contribution is 8.00. The average molecular weight is 375 g/mol. The van der Waals surface area contributed by atoms with E-state index in [1.807, 2.05) is 0 Å². The quantitative estimate of drug-likeness (QED) is 0.139. The van der Waals surface area contributed by atoms with Crippen LogP contribution in [0.2, 0.25) is 0 Å². The van der Waals surface area contributed by atoms with Gasteiger partial charge in [-0.15, -0.1) is 18.3 Å². The van der Waals surface area contributed by atoms with Crippen molar-refractivity contribution >= 4 is 22.2 Å². The molecule has 1 heterocycles. The van der Waals surface area contributed by atoms with Crippen molar-refractivity contribution in [3.05, 3.63) is 12.7 Å². The number of rotatable bonds is 8. The highest BCUT2D eigenvalue weighted by atomic mass is 32.3. The second kappa shape index (κ2) is 8.71. The first-order valence-corrected chi connectivity index (χ1v) is 8.88. The number of hydroxylamine groups is 2. The summed E-state index contributed by atoms with van der Waals surface area (Å²) in [6.45, 7) is 2.93. The monoisotopic (exact) mass is 375 g/mol. The molecule has 0 bridgehead atoms. The Hall–Kier alpha value is -0.280. The fourth-order valence-electron chi connectivity index (χ4n) is 1.96. The van der Waals surface area contributed by atoms with Crippen molar-refractivity contribution in [2.45, 2.75) is 41.6 Å². The van der Waals surface area contributed by atoms with E-state index in [-0.39, 0.29) is 6.42 Å². The predicted octanol–water partition coefficient (Wildman–Crippen LogP) is -1.91. The van der Waals surface area contributed by atoms with Crippen LogP contribution in [-0.2, 0) is 19.4 Å². The van der Waals surface area contributed by atoms with Gasteiger partial charge in [0.2, 0.25) is 0 Å². The molecule has 0 saturated carbocycles. The molecule has 6 unspecified atom stereocenters. The van der Waals surface area contributed by atoms with E-state index in [1.54, 1.807) is 0 Å². The number of aliphatic hydroxyl groups excluding tert-OH is 4. The van der Waals surface area contributed by atoms with Gasteiger partial charge in [0, 0.05) is 7.05 Å². The maximum absolute atomic E-state index is 10.8. The van der Waals surface area contributed by atoms with E-state index in [1.165, 1.54) is 13.1 Å². The molecule has 0 radical (unpaired) electrons. The van der Waals surface area contributed by atoms with Crippen LogP contribution < -0.4 is 0 Å². The van der Waals surface area contributed by atoms with Crippen LogP contribution in [0.4, 0.5) is 0 Å². The standard InChI is InChI=1S/C11H21NO9S2/c1-3-4-7(12(2)21-23(17,18)19)22-11-10(16)9(15)8(14)6(5-13)20-11/h3,6-11,13-16H,1,4-5H2,2H3,(H,17,18,19). The van der Waals surface area contributed by atoms with Gasteiger partial charge in [-0.25, -0.2) is 0 Å². The normalized spacial score (nSPS) is 33.6. The average Bonchev–Trinajstić information content (AvgIpc) is 2.45. The Morgan fingerprint density at radius 1 is 1.35 bits per heavy atom. The minimum atomic E-state index is -4.73. The minimum Gasteiger partial charge on any atom is -0.394 e. The smallest absolute Gasteiger partial charge is 0.394 e. The van der Waals surface area contributed by atoms with E-state index in [4.69, 9.17) is 14.4 Å². The molecule has 5 N–H and O–H groups in total. The predicted molar refractivity (Wildman–Crippen MR) is 80.4 cm³/mol. The van der Waals surface area contributed by atoms with E-state index < -0.39 is 52.2 Å². The molecular formula is C11H21NO9S2. The summed E-state index contributed by atoms with van der Waals surface area (Å²) in [6.07, 6.45) is -3.96. The fourth-order valence-corrected chi connectivity index (χ4v) is 3.72. The van der Waals surface area contributed by atoms with Crippen LogP contribution in [0.25, 0.3) is 0 Å². The molecule has 0 amide bonds. The summed E-state index contributed by atoms with van der Waals surface area (Å²) in [6, 6.07) is 0. The van der Waals surface area contributed by atoms with Crippen LogP contribution in [-0.4, -0.2) is 87.3 Å². The Bertz CT molecular complexity index is 486. The third-order valence-corrected chi connectivity index (χ3v) is 5.01. The first-order valence-electron chi connectivity index (χ1n) is 6.57. The van der Waals surface area contributed by atoms with Gasteiger partial charge < -0.3 is 25.2 Å². The van der Waals surface area contributed by atoms with Crippen LogP contribution in [0, 0.1) is 0 Å². The Balaban J connectivity index is 2.83. The van der Waals surface area contributed by atoms with E-state index >= 15 is 0 Å². The topological polar surface area (TPSA) is 157 Å². The summed E-state index contributed by atoms with van der Waals surface area (Å²) in [7, 11) is -3.50. The molecule has 1 fully saturated rings. The highest BCUT2D eigenvalue weighted by Crippen LogP contribution is 2.33. The van der Waals surface area contributed by atoms with Crippen LogP contribution in [0.3, 0.4) is 0 Å². The Labute approximate surface area is 138 Å². The van der Waals surface area contributed by atoms with Crippen LogP contribution in [0.15, 0.2) is 12.7 Å². The summed E-state index contributed by atoms with van der Waals surface area (Å²) in [5.41, 5.74) is -1.08. The lowest BCUT2D eigenvalue weighted by Crippen LogP contribution is -2.58. The van der Waals surface area contributed by atoms with Gasteiger partial charge in [-0.05, 0) is 6.42 Å². The molecule has 0 aromatic rings. The summed E-state index contributed by atoms with van der Waals surface area (Å²) < 4.78 is 39.9. The van der Waals surface area contributed by atoms with Gasteiger partial charge >= 0.3 is 10.4 Å². The van der Waals surface area contributed by atoms with Crippen molar-refractivity contribution in [1.82, 2.24) is 5.06 Å². The Morgan fingerprint density at radius 3 is 2.43 bits per heavy atom. The molecule has 0 spiro atoms. The second-order valence-electron chi connectivity index (χ2n) is 4.86. The molecule has 10 nitrogen and oxygen atoms in total. The summed E-state index contributed by atoms with van der Waals surface area (Å²) in [5.74, 6) is 0. The number of hydrogen-bond donors (Lipinski definition) is 5. The van der Waals surface area contributed by atoms with Gasteiger partial charge in [0.1, 0.15) is 29.9 Å². The number of nitrogens with zero attached hydrogens (tertiary/aromatic N) is 1. The van der Waals surface area contributed by atoms with Crippen molar-refractivity contribution in [2.24, 2.45) is 0 Å². The van der Waals surface area contributed by atoms with Crippen LogP contribution in [0.5, 0.6) is 0 Å². The molecule has 6 atom stereocenters. The molecule has 136 valence electrons. The molecule has 0 aliphatic carbocycles. The lowest BCUT2D eigenvalue weighted by Gasteiger charge is -2.41. The molecule has 12 heteroatoms. The zero-order valence-corrected chi connectivity index (χ0v) is 13.9. The fraction of sp³-hybridized carbons (Fsp3) is 0.818. The van der Waals surface area contributed by atoms with E-state index in [9.17, 15) is 23.7 Å². The molecule has 1 rings (SSSR count). The number of aliphatic hydroxyl groups is 4. The van der Waals surface area contributed by atoms with Crippen LogP contribution >= 0.6 is 11.8 Å². The largest absolute Gasteiger partial charge is 0.413 e. The molecule has 1 aliphatic rings. The first kappa shape index (κ1) is 20.8. The van der Waals surface area contributed by atoms with Gasteiger partial charge in [0.15, 0.2) is 0 Å². The van der Waals surface area contributed by atoms with E-state index in [0.717, 1.165) is 16.8 Å². The van der Waals surface area contributed by atoms with Gasteiger partial charge in [-0.3, -0.25) is 4.55 Å². The lowest BCUT2D eigenvalue weighted by molar-refractivity contribution is -0.206. The third kappa shape index (κ3) is 5.94. The lowest BCUT2D eigenvalue weighted by atomic mass is 10.0. The second-order valence-corrected chi connectivity index (χ2v) is 7.15. The molecule has 0 aromatic carbocycles. The summed E-state index contributed by atoms with van der Waals surface area (Å²) >= 11 is 0.872. The van der Waals surface area contributed by atoms with Gasteiger partial charge in [-0.1, -0.05) is 6.08 Å². The zero-order valence-electron chi connectivity index (χ0n) is 12.3. The highest BCUT2D eigenvalue weighted by Gasteiger charge is 2.44. The van der Waals surface area contributed by atoms with Crippen molar-refractivity contribution in [3.63, 3.8) is 0 Å². The Kier molecular flexibility index (Phi) is 7.86.